The molecular formula is C11H17NO2S. The lowest BCUT2D eigenvalue weighted by Gasteiger charge is -2.19. The molecule has 84 valence electrons. The van der Waals surface area contributed by atoms with Crippen molar-refractivity contribution in [2.45, 2.75) is 29.9 Å². The van der Waals surface area contributed by atoms with Crippen molar-refractivity contribution >= 4 is 11.8 Å². The summed E-state index contributed by atoms with van der Waals surface area (Å²) < 4.78 is 10.9. The van der Waals surface area contributed by atoms with Crippen molar-refractivity contribution in [3.63, 3.8) is 0 Å². The Kier molecular flexibility index (Phi) is 3.72. The maximum atomic E-state index is 5.77. The predicted molar refractivity (Wildman–Crippen MR) is 61.9 cm³/mol. The molecule has 0 bridgehead atoms. The maximum absolute atomic E-state index is 5.77. The first-order valence-corrected chi connectivity index (χ1v) is 6.26. The van der Waals surface area contributed by atoms with Crippen LogP contribution in [0.2, 0.25) is 0 Å². The zero-order valence-electron chi connectivity index (χ0n) is 8.89. The quantitative estimate of drug-likeness (QED) is 0.856. The summed E-state index contributed by atoms with van der Waals surface area (Å²) in [5.74, 6) is 0.974. The van der Waals surface area contributed by atoms with Crippen molar-refractivity contribution in [3.05, 3.63) is 24.2 Å². The highest BCUT2D eigenvalue weighted by Gasteiger charge is 2.28. The van der Waals surface area contributed by atoms with Gasteiger partial charge in [0.1, 0.15) is 5.76 Å². The molecule has 1 fully saturated rings. The van der Waals surface area contributed by atoms with E-state index >= 15 is 0 Å². The van der Waals surface area contributed by atoms with Crippen LogP contribution in [0.4, 0.5) is 0 Å². The molecule has 3 atom stereocenters. The van der Waals surface area contributed by atoms with Crippen LogP contribution in [0.15, 0.2) is 22.8 Å². The third-order valence-corrected chi connectivity index (χ3v) is 4.44. The highest BCUT2D eigenvalue weighted by molar-refractivity contribution is 8.00. The predicted octanol–water partition coefficient (Wildman–Crippen LogP) is 2.19. The summed E-state index contributed by atoms with van der Waals surface area (Å²) in [5.41, 5.74) is 5.77. The van der Waals surface area contributed by atoms with Gasteiger partial charge >= 0.3 is 0 Å². The molecule has 1 aromatic heterocycles. The maximum Gasteiger partial charge on any atom is 0.118 e. The number of ether oxygens (including phenoxy) is 1. The molecule has 1 aromatic rings. The Labute approximate surface area is 94.4 Å². The minimum Gasteiger partial charge on any atom is -0.468 e. The van der Waals surface area contributed by atoms with E-state index in [1.165, 1.54) is 0 Å². The lowest BCUT2D eigenvalue weighted by Crippen LogP contribution is -2.18. The van der Waals surface area contributed by atoms with Crippen LogP contribution in [-0.4, -0.2) is 24.5 Å². The fourth-order valence-corrected chi connectivity index (χ4v) is 3.15. The van der Waals surface area contributed by atoms with Crippen LogP contribution in [-0.2, 0) is 4.74 Å². The Hall–Kier alpha value is -0.450. The van der Waals surface area contributed by atoms with Crippen LogP contribution in [0, 0.1) is 0 Å². The van der Waals surface area contributed by atoms with Gasteiger partial charge in [-0.2, -0.15) is 0 Å². The number of thioether (sulfide) groups is 1. The molecule has 1 aliphatic heterocycles. The average Bonchev–Trinajstić information content (AvgIpc) is 2.86. The zero-order valence-corrected chi connectivity index (χ0v) is 9.70. The number of nitrogens with two attached hydrogens (primary N) is 1. The van der Waals surface area contributed by atoms with E-state index in [4.69, 9.17) is 14.9 Å². The first-order chi connectivity index (χ1) is 7.31. The number of hydrogen-bond donors (Lipinski definition) is 1. The third-order valence-electron chi connectivity index (χ3n) is 2.72. The lowest BCUT2D eigenvalue weighted by atomic mass is 10.2. The van der Waals surface area contributed by atoms with Gasteiger partial charge < -0.3 is 14.9 Å². The molecule has 0 amide bonds. The summed E-state index contributed by atoms with van der Waals surface area (Å²) in [6, 6.07) is 3.90. The number of furan rings is 1. The highest BCUT2D eigenvalue weighted by atomic mass is 32.2. The highest BCUT2D eigenvalue weighted by Crippen LogP contribution is 2.37. The molecular weight excluding hydrogens is 210 g/mol. The van der Waals surface area contributed by atoms with E-state index < -0.39 is 0 Å². The molecule has 2 N–H and O–H groups in total. The average molecular weight is 227 g/mol. The third kappa shape index (κ3) is 2.56. The van der Waals surface area contributed by atoms with E-state index in [-0.39, 0.29) is 5.25 Å². The van der Waals surface area contributed by atoms with Crippen LogP contribution in [0.1, 0.15) is 24.4 Å². The van der Waals surface area contributed by atoms with Gasteiger partial charge in [-0.15, -0.1) is 11.8 Å². The van der Waals surface area contributed by atoms with E-state index in [1.807, 2.05) is 23.9 Å². The fraction of sp³-hybridized carbons (Fsp3) is 0.636. The molecule has 3 unspecified atom stereocenters. The van der Waals surface area contributed by atoms with Crippen molar-refractivity contribution in [2.75, 3.05) is 13.2 Å². The van der Waals surface area contributed by atoms with Gasteiger partial charge in [0.05, 0.1) is 17.6 Å². The largest absolute Gasteiger partial charge is 0.468 e. The molecule has 0 aromatic carbocycles. The van der Waals surface area contributed by atoms with Gasteiger partial charge in [-0.1, -0.05) is 0 Å². The standard InChI is InChI=1S/C11H17NO2S/c1-8-10(4-6-13-8)15-11(7-12)9-3-2-5-14-9/h2-3,5,8,10-11H,4,6-7,12H2,1H3. The molecule has 0 spiro atoms. The number of rotatable bonds is 4. The summed E-state index contributed by atoms with van der Waals surface area (Å²) in [4.78, 5) is 0. The van der Waals surface area contributed by atoms with Crippen LogP contribution >= 0.6 is 11.8 Å². The SMILES string of the molecule is CC1OCCC1SC(CN)c1ccco1. The molecule has 1 saturated heterocycles. The van der Waals surface area contributed by atoms with E-state index in [0.29, 0.717) is 17.9 Å². The van der Waals surface area contributed by atoms with Crippen molar-refractivity contribution in [2.24, 2.45) is 5.73 Å². The molecule has 15 heavy (non-hydrogen) atoms. The Morgan fingerprint density at radius 1 is 1.67 bits per heavy atom. The Bertz CT molecular complexity index is 289. The lowest BCUT2D eigenvalue weighted by molar-refractivity contribution is 0.127. The molecule has 2 heterocycles. The minimum absolute atomic E-state index is 0.258. The van der Waals surface area contributed by atoms with Gasteiger partial charge in [0.15, 0.2) is 0 Å². The van der Waals surface area contributed by atoms with E-state index in [0.717, 1.165) is 18.8 Å². The van der Waals surface area contributed by atoms with Crippen LogP contribution in [0.5, 0.6) is 0 Å². The van der Waals surface area contributed by atoms with Gasteiger partial charge in [-0.3, -0.25) is 0 Å². The van der Waals surface area contributed by atoms with Crippen LogP contribution in [0.25, 0.3) is 0 Å². The van der Waals surface area contributed by atoms with Crippen molar-refractivity contribution in [1.82, 2.24) is 0 Å². The van der Waals surface area contributed by atoms with Gasteiger partial charge in [-0.25, -0.2) is 0 Å². The summed E-state index contributed by atoms with van der Waals surface area (Å²) in [6.45, 7) is 3.61. The number of hydrogen-bond acceptors (Lipinski definition) is 4. The molecule has 4 heteroatoms. The minimum atomic E-state index is 0.258. The molecule has 2 rings (SSSR count). The van der Waals surface area contributed by atoms with Crippen molar-refractivity contribution in [3.8, 4) is 0 Å². The topological polar surface area (TPSA) is 48.4 Å². The Balaban J connectivity index is 1.96. The first kappa shape index (κ1) is 11.0. The second kappa shape index (κ2) is 5.05. The van der Waals surface area contributed by atoms with Gasteiger partial charge in [0.2, 0.25) is 0 Å². The monoisotopic (exact) mass is 227 g/mol. The molecule has 0 saturated carbocycles. The van der Waals surface area contributed by atoms with Gasteiger partial charge in [0.25, 0.3) is 0 Å². The van der Waals surface area contributed by atoms with E-state index in [9.17, 15) is 0 Å². The fourth-order valence-electron chi connectivity index (χ4n) is 1.82. The Morgan fingerprint density at radius 2 is 2.53 bits per heavy atom. The van der Waals surface area contributed by atoms with E-state index in [1.54, 1.807) is 6.26 Å². The summed E-state index contributed by atoms with van der Waals surface area (Å²) >= 11 is 1.87. The van der Waals surface area contributed by atoms with Gasteiger partial charge in [0, 0.05) is 18.4 Å². The molecule has 1 aliphatic rings. The van der Waals surface area contributed by atoms with Crippen molar-refractivity contribution in [1.29, 1.82) is 0 Å². The normalized spacial score (nSPS) is 28.1. The summed E-state index contributed by atoms with van der Waals surface area (Å²) in [5, 5.41) is 0.804. The van der Waals surface area contributed by atoms with E-state index in [2.05, 4.69) is 6.92 Å². The molecule has 3 nitrogen and oxygen atoms in total. The molecule has 0 aliphatic carbocycles. The smallest absolute Gasteiger partial charge is 0.118 e. The zero-order chi connectivity index (χ0) is 10.7. The van der Waals surface area contributed by atoms with Crippen molar-refractivity contribution < 1.29 is 9.15 Å². The van der Waals surface area contributed by atoms with Gasteiger partial charge in [-0.05, 0) is 25.5 Å². The second-order valence-corrected chi connectivity index (χ2v) is 5.23. The van der Waals surface area contributed by atoms with Crippen LogP contribution < -0.4 is 5.73 Å². The summed E-state index contributed by atoms with van der Waals surface area (Å²) in [7, 11) is 0. The summed E-state index contributed by atoms with van der Waals surface area (Å²) in [6.07, 6.45) is 3.15. The second-order valence-electron chi connectivity index (χ2n) is 3.78. The van der Waals surface area contributed by atoms with Crippen LogP contribution in [0.3, 0.4) is 0 Å². The molecule has 0 radical (unpaired) electrons. The Morgan fingerprint density at radius 3 is 3.07 bits per heavy atom. The first-order valence-electron chi connectivity index (χ1n) is 5.32.